The maximum atomic E-state index is 11.7. The third-order valence-corrected chi connectivity index (χ3v) is 2.47. The first kappa shape index (κ1) is 12.4. The van der Waals surface area contributed by atoms with E-state index in [0.717, 1.165) is 12.8 Å². The molecule has 88 valence electrons. The van der Waals surface area contributed by atoms with E-state index in [9.17, 15) is 4.79 Å². The van der Waals surface area contributed by atoms with Gasteiger partial charge in [0.05, 0.1) is 19.8 Å². The lowest BCUT2D eigenvalue weighted by atomic mass is 10.0. The molecular weight excluding hydrogens is 198 g/mol. The van der Waals surface area contributed by atoms with Gasteiger partial charge in [0.1, 0.15) is 5.60 Å². The van der Waals surface area contributed by atoms with Crippen molar-refractivity contribution >= 4 is 5.91 Å². The van der Waals surface area contributed by atoms with Crippen molar-refractivity contribution in [1.29, 1.82) is 0 Å². The fraction of sp³-hybridized carbons (Fsp3) is 0.900. The van der Waals surface area contributed by atoms with Crippen molar-refractivity contribution < 1.29 is 19.4 Å². The molecule has 1 fully saturated rings. The maximum absolute atomic E-state index is 11.7. The van der Waals surface area contributed by atoms with Crippen LogP contribution in [0.5, 0.6) is 0 Å². The smallest absolute Gasteiger partial charge is 0.252 e. The Hall–Kier alpha value is -0.650. The van der Waals surface area contributed by atoms with Crippen LogP contribution in [0.2, 0.25) is 0 Å². The van der Waals surface area contributed by atoms with Gasteiger partial charge in [-0.15, -0.1) is 0 Å². The van der Waals surface area contributed by atoms with Crippen molar-refractivity contribution in [2.45, 2.75) is 25.4 Å². The summed E-state index contributed by atoms with van der Waals surface area (Å²) in [5.41, 5.74) is -0.656. The highest BCUT2D eigenvalue weighted by atomic mass is 16.5. The van der Waals surface area contributed by atoms with Gasteiger partial charge in [-0.25, -0.2) is 0 Å². The van der Waals surface area contributed by atoms with E-state index in [2.05, 4.69) is 5.32 Å². The lowest BCUT2D eigenvalue weighted by Crippen LogP contribution is -2.45. The first-order valence-electron chi connectivity index (χ1n) is 5.30. The summed E-state index contributed by atoms with van der Waals surface area (Å²) in [6, 6.07) is 0. The first-order chi connectivity index (χ1) is 7.19. The van der Waals surface area contributed by atoms with E-state index in [1.807, 2.05) is 6.92 Å². The van der Waals surface area contributed by atoms with Crippen molar-refractivity contribution in [3.63, 3.8) is 0 Å². The predicted molar refractivity (Wildman–Crippen MR) is 54.5 cm³/mol. The molecule has 1 aliphatic heterocycles. The van der Waals surface area contributed by atoms with Crippen molar-refractivity contribution in [1.82, 2.24) is 5.32 Å². The first-order valence-corrected chi connectivity index (χ1v) is 5.30. The van der Waals surface area contributed by atoms with E-state index in [4.69, 9.17) is 14.6 Å². The zero-order valence-corrected chi connectivity index (χ0v) is 9.12. The zero-order valence-electron chi connectivity index (χ0n) is 9.12. The largest absolute Gasteiger partial charge is 0.394 e. The third kappa shape index (κ3) is 3.77. The van der Waals surface area contributed by atoms with Gasteiger partial charge in [-0.3, -0.25) is 4.79 Å². The Morgan fingerprint density at radius 2 is 2.40 bits per heavy atom. The third-order valence-electron chi connectivity index (χ3n) is 2.47. The monoisotopic (exact) mass is 217 g/mol. The Morgan fingerprint density at radius 1 is 1.60 bits per heavy atom. The highest BCUT2D eigenvalue weighted by molar-refractivity contribution is 5.84. The molecule has 1 heterocycles. The summed E-state index contributed by atoms with van der Waals surface area (Å²) < 4.78 is 10.4. The molecular formula is C10H19NO4. The fourth-order valence-corrected chi connectivity index (χ4v) is 1.55. The molecule has 1 saturated heterocycles. The number of nitrogens with one attached hydrogen (secondary N) is 1. The molecule has 1 aliphatic rings. The Morgan fingerprint density at radius 3 is 3.00 bits per heavy atom. The second kappa shape index (κ2) is 6.05. The van der Waals surface area contributed by atoms with Gasteiger partial charge in [0, 0.05) is 13.2 Å². The number of hydrogen-bond acceptors (Lipinski definition) is 4. The molecule has 0 spiro atoms. The lowest BCUT2D eigenvalue weighted by molar-refractivity contribution is -0.139. The zero-order chi connectivity index (χ0) is 11.1. The quantitative estimate of drug-likeness (QED) is 0.598. The number of hydrogen-bond donors (Lipinski definition) is 2. The Balaban J connectivity index is 2.12. The molecule has 0 radical (unpaired) electrons. The van der Waals surface area contributed by atoms with E-state index >= 15 is 0 Å². The van der Waals surface area contributed by atoms with E-state index in [-0.39, 0.29) is 12.5 Å². The highest BCUT2D eigenvalue weighted by Gasteiger charge is 2.37. The Labute approximate surface area is 89.8 Å². The summed E-state index contributed by atoms with van der Waals surface area (Å²) in [4.78, 5) is 11.7. The molecule has 1 atom stereocenters. The fourth-order valence-electron chi connectivity index (χ4n) is 1.55. The normalized spacial score (nSPS) is 25.5. The lowest BCUT2D eigenvalue weighted by Gasteiger charge is -2.21. The van der Waals surface area contributed by atoms with Crippen LogP contribution in [0.25, 0.3) is 0 Å². The molecule has 5 nitrogen and oxygen atoms in total. The SMILES string of the molecule is CC1(C(=O)NCCOCCO)CCCO1. The molecule has 0 aromatic heterocycles. The van der Waals surface area contributed by atoms with Crippen molar-refractivity contribution in [2.75, 3.05) is 33.0 Å². The number of rotatable bonds is 6. The van der Waals surface area contributed by atoms with E-state index in [1.54, 1.807) is 0 Å². The average Bonchev–Trinajstić information content (AvgIpc) is 2.66. The molecule has 5 heteroatoms. The summed E-state index contributed by atoms with van der Waals surface area (Å²) in [6.07, 6.45) is 1.71. The van der Waals surface area contributed by atoms with Gasteiger partial charge in [-0.05, 0) is 19.8 Å². The second-order valence-electron chi connectivity index (χ2n) is 3.77. The number of carbonyl (C=O) groups is 1. The molecule has 0 saturated carbocycles. The van der Waals surface area contributed by atoms with Crippen LogP contribution in [0.4, 0.5) is 0 Å². The number of aliphatic hydroxyl groups is 1. The minimum Gasteiger partial charge on any atom is -0.394 e. The van der Waals surface area contributed by atoms with Gasteiger partial charge in [-0.1, -0.05) is 0 Å². The van der Waals surface area contributed by atoms with E-state index < -0.39 is 5.60 Å². The summed E-state index contributed by atoms with van der Waals surface area (Å²) >= 11 is 0. The summed E-state index contributed by atoms with van der Waals surface area (Å²) in [5.74, 6) is -0.0763. The highest BCUT2D eigenvalue weighted by Crippen LogP contribution is 2.24. The van der Waals surface area contributed by atoms with Gasteiger partial charge >= 0.3 is 0 Å². The average molecular weight is 217 g/mol. The summed E-state index contributed by atoms with van der Waals surface area (Å²) in [6.45, 7) is 3.66. The maximum Gasteiger partial charge on any atom is 0.252 e. The van der Waals surface area contributed by atoms with Crippen LogP contribution in [-0.4, -0.2) is 49.6 Å². The van der Waals surface area contributed by atoms with Crippen LogP contribution < -0.4 is 5.32 Å². The van der Waals surface area contributed by atoms with Crippen LogP contribution in [0.15, 0.2) is 0 Å². The van der Waals surface area contributed by atoms with Crippen LogP contribution in [-0.2, 0) is 14.3 Å². The molecule has 15 heavy (non-hydrogen) atoms. The minimum atomic E-state index is -0.656. The van der Waals surface area contributed by atoms with Crippen molar-refractivity contribution in [2.24, 2.45) is 0 Å². The topological polar surface area (TPSA) is 67.8 Å². The number of amides is 1. The molecule has 1 unspecified atom stereocenters. The van der Waals surface area contributed by atoms with Gasteiger partial charge in [0.15, 0.2) is 0 Å². The van der Waals surface area contributed by atoms with Crippen molar-refractivity contribution in [3.8, 4) is 0 Å². The van der Waals surface area contributed by atoms with E-state index in [0.29, 0.717) is 26.4 Å². The Bertz CT molecular complexity index is 202. The summed E-state index contributed by atoms with van der Waals surface area (Å²) in [5, 5.41) is 11.2. The molecule has 2 N–H and O–H groups in total. The van der Waals surface area contributed by atoms with Gasteiger partial charge in [-0.2, -0.15) is 0 Å². The van der Waals surface area contributed by atoms with E-state index in [1.165, 1.54) is 0 Å². The number of ether oxygens (including phenoxy) is 2. The number of aliphatic hydroxyl groups excluding tert-OH is 1. The second-order valence-corrected chi connectivity index (χ2v) is 3.77. The van der Waals surface area contributed by atoms with Crippen LogP contribution in [0.3, 0.4) is 0 Å². The van der Waals surface area contributed by atoms with Crippen LogP contribution >= 0.6 is 0 Å². The van der Waals surface area contributed by atoms with Gasteiger partial charge < -0.3 is 19.9 Å². The predicted octanol–water partition coefficient (Wildman–Crippen LogP) is -0.319. The molecule has 0 bridgehead atoms. The minimum absolute atomic E-state index is 0.00870. The molecule has 0 aromatic rings. The van der Waals surface area contributed by atoms with Crippen LogP contribution in [0, 0.1) is 0 Å². The summed E-state index contributed by atoms with van der Waals surface area (Å²) in [7, 11) is 0. The standard InChI is InChI=1S/C10H19NO4/c1-10(3-2-6-15-10)9(13)11-4-7-14-8-5-12/h12H,2-8H2,1H3,(H,11,13). The number of carbonyl (C=O) groups excluding carboxylic acids is 1. The molecule has 1 amide bonds. The molecule has 1 rings (SSSR count). The Kier molecular flexibility index (Phi) is 5.01. The van der Waals surface area contributed by atoms with Crippen LogP contribution in [0.1, 0.15) is 19.8 Å². The van der Waals surface area contributed by atoms with Gasteiger partial charge in [0.25, 0.3) is 5.91 Å². The molecule has 0 aromatic carbocycles. The van der Waals surface area contributed by atoms with Gasteiger partial charge in [0.2, 0.25) is 0 Å². The molecule has 0 aliphatic carbocycles. The van der Waals surface area contributed by atoms with Crippen molar-refractivity contribution in [3.05, 3.63) is 0 Å².